The highest BCUT2D eigenvalue weighted by Gasteiger charge is 2.49. The summed E-state index contributed by atoms with van der Waals surface area (Å²) in [5, 5.41) is 8.80. The quantitative estimate of drug-likeness (QED) is 0.765. The molecule has 5 nitrogen and oxygen atoms in total. The van der Waals surface area contributed by atoms with Gasteiger partial charge in [-0.3, -0.25) is 9.59 Å². The largest absolute Gasteiger partial charge is 0.481 e. The number of aliphatic carboxylic acids is 1. The van der Waals surface area contributed by atoms with Gasteiger partial charge in [-0.25, -0.2) is 0 Å². The third-order valence-electron chi connectivity index (χ3n) is 3.96. The van der Waals surface area contributed by atoms with Gasteiger partial charge in [0.15, 0.2) is 0 Å². The third-order valence-corrected chi connectivity index (χ3v) is 3.96. The molecular weight excluding hydrogens is 220 g/mol. The molecule has 0 spiro atoms. The second kappa shape index (κ2) is 4.64. The van der Waals surface area contributed by atoms with Crippen LogP contribution in [-0.2, 0) is 9.59 Å². The van der Waals surface area contributed by atoms with E-state index in [-0.39, 0.29) is 11.8 Å². The molecule has 0 radical (unpaired) electrons. The Bertz CT molecular complexity index is 332. The summed E-state index contributed by atoms with van der Waals surface area (Å²) in [5.74, 6) is -1.55. The fraction of sp³-hybridized carbons (Fsp3) is 0.833. The molecule has 0 aromatic carbocycles. The predicted octanol–water partition coefficient (Wildman–Crippen LogP) is 0.260. The highest BCUT2D eigenvalue weighted by atomic mass is 16.4. The number of likely N-dealkylation sites (tertiary alicyclic amines) is 1. The minimum atomic E-state index is -0.838. The van der Waals surface area contributed by atoms with Gasteiger partial charge in [0.2, 0.25) is 5.91 Å². The molecule has 0 aromatic rings. The van der Waals surface area contributed by atoms with E-state index in [0.717, 1.165) is 19.5 Å². The number of carbonyl (C=O) groups is 2. The van der Waals surface area contributed by atoms with Crippen LogP contribution >= 0.6 is 0 Å². The Morgan fingerprint density at radius 3 is 2.59 bits per heavy atom. The Morgan fingerprint density at radius 2 is 2.12 bits per heavy atom. The predicted molar refractivity (Wildman–Crippen MR) is 62.5 cm³/mol. The zero-order chi connectivity index (χ0) is 12.6. The van der Waals surface area contributed by atoms with E-state index in [2.05, 4.69) is 11.9 Å². The zero-order valence-corrected chi connectivity index (χ0v) is 10.4. The monoisotopic (exact) mass is 240 g/mol. The van der Waals surface area contributed by atoms with Gasteiger partial charge in [0.1, 0.15) is 0 Å². The summed E-state index contributed by atoms with van der Waals surface area (Å²) >= 11 is 0. The van der Waals surface area contributed by atoms with E-state index in [9.17, 15) is 9.59 Å². The highest BCUT2D eigenvalue weighted by molar-refractivity contribution is 5.89. The average molecular weight is 240 g/mol. The first kappa shape index (κ1) is 12.4. The van der Waals surface area contributed by atoms with Crippen molar-refractivity contribution in [2.45, 2.75) is 25.3 Å². The number of likely N-dealkylation sites (N-methyl/N-ethyl adjacent to an activating group) is 2. The minimum Gasteiger partial charge on any atom is -0.481 e. The topological polar surface area (TPSA) is 60.9 Å². The molecule has 0 aromatic heterocycles. The molecule has 1 aliphatic heterocycles. The van der Waals surface area contributed by atoms with Crippen molar-refractivity contribution in [3.8, 4) is 0 Å². The number of carboxylic acids is 1. The molecule has 3 unspecified atom stereocenters. The van der Waals surface area contributed by atoms with Crippen LogP contribution in [0.4, 0.5) is 0 Å². The van der Waals surface area contributed by atoms with E-state index in [4.69, 9.17) is 5.11 Å². The van der Waals surface area contributed by atoms with Crippen molar-refractivity contribution >= 4 is 11.9 Å². The first-order valence-corrected chi connectivity index (χ1v) is 6.18. The van der Waals surface area contributed by atoms with E-state index < -0.39 is 11.9 Å². The fourth-order valence-corrected chi connectivity index (χ4v) is 2.64. The second-order valence-electron chi connectivity index (χ2n) is 5.28. The van der Waals surface area contributed by atoms with Gasteiger partial charge >= 0.3 is 5.97 Å². The molecule has 2 rings (SSSR count). The number of rotatable bonds is 4. The lowest BCUT2D eigenvalue weighted by atomic mass is 10.2. The van der Waals surface area contributed by atoms with Crippen molar-refractivity contribution in [2.75, 3.05) is 27.2 Å². The van der Waals surface area contributed by atoms with E-state index in [1.165, 1.54) is 6.42 Å². The van der Waals surface area contributed by atoms with Gasteiger partial charge in [0, 0.05) is 19.6 Å². The smallest absolute Gasteiger partial charge is 0.307 e. The summed E-state index contributed by atoms with van der Waals surface area (Å²) in [6, 6.07) is 0.436. The number of carboxylic acid groups (broad SMARTS) is 1. The number of nitrogens with zero attached hydrogens (tertiary/aromatic N) is 2. The number of hydrogen-bond acceptors (Lipinski definition) is 3. The summed E-state index contributed by atoms with van der Waals surface area (Å²) in [6.45, 7) is 1.81. The van der Waals surface area contributed by atoms with Crippen molar-refractivity contribution in [1.82, 2.24) is 9.80 Å². The number of carbonyl (C=O) groups excluding carboxylic acids is 1. The normalized spacial score (nSPS) is 32.5. The zero-order valence-electron chi connectivity index (χ0n) is 10.4. The molecule has 0 bridgehead atoms. The molecule has 1 aliphatic carbocycles. The third kappa shape index (κ3) is 2.60. The second-order valence-corrected chi connectivity index (χ2v) is 5.28. The summed E-state index contributed by atoms with van der Waals surface area (Å²) in [5.41, 5.74) is 0. The Balaban J connectivity index is 1.82. The van der Waals surface area contributed by atoms with Crippen LogP contribution in [0.2, 0.25) is 0 Å². The number of amides is 1. The maximum absolute atomic E-state index is 12.0. The lowest BCUT2D eigenvalue weighted by molar-refractivity contribution is -0.141. The lowest BCUT2D eigenvalue weighted by Crippen LogP contribution is -2.40. The van der Waals surface area contributed by atoms with Crippen LogP contribution in [0, 0.1) is 11.8 Å². The van der Waals surface area contributed by atoms with Gasteiger partial charge in [-0.2, -0.15) is 0 Å². The molecule has 17 heavy (non-hydrogen) atoms. The molecule has 96 valence electrons. The summed E-state index contributed by atoms with van der Waals surface area (Å²) in [7, 11) is 3.86. The van der Waals surface area contributed by atoms with Crippen molar-refractivity contribution in [2.24, 2.45) is 11.8 Å². The SMILES string of the molecule is CN(CC1CCCN1C)C(=O)C1CC1C(=O)O. The minimum absolute atomic E-state index is 0.00213. The summed E-state index contributed by atoms with van der Waals surface area (Å²) < 4.78 is 0. The van der Waals surface area contributed by atoms with Crippen molar-refractivity contribution in [3.63, 3.8) is 0 Å². The van der Waals surface area contributed by atoms with Crippen LogP contribution in [0.25, 0.3) is 0 Å². The lowest BCUT2D eigenvalue weighted by Gasteiger charge is -2.26. The summed E-state index contributed by atoms with van der Waals surface area (Å²) in [4.78, 5) is 26.7. The molecule has 3 atom stereocenters. The van der Waals surface area contributed by atoms with Crippen LogP contribution in [-0.4, -0.2) is 60.0 Å². The van der Waals surface area contributed by atoms with Crippen LogP contribution in [0.15, 0.2) is 0 Å². The molecule has 2 aliphatic rings. The van der Waals surface area contributed by atoms with E-state index >= 15 is 0 Å². The van der Waals surface area contributed by atoms with Crippen LogP contribution in [0.1, 0.15) is 19.3 Å². The van der Waals surface area contributed by atoms with E-state index in [0.29, 0.717) is 12.5 Å². The van der Waals surface area contributed by atoms with Gasteiger partial charge in [0.05, 0.1) is 11.8 Å². The van der Waals surface area contributed by atoms with Gasteiger partial charge in [-0.05, 0) is 32.9 Å². The van der Waals surface area contributed by atoms with Crippen LogP contribution in [0.5, 0.6) is 0 Å². The summed E-state index contributed by atoms with van der Waals surface area (Å²) in [6.07, 6.45) is 2.82. The Hall–Kier alpha value is -1.10. The molecule has 1 saturated carbocycles. The maximum Gasteiger partial charge on any atom is 0.307 e. The molecule has 1 heterocycles. The van der Waals surface area contributed by atoms with Crippen molar-refractivity contribution in [3.05, 3.63) is 0 Å². The van der Waals surface area contributed by atoms with Crippen LogP contribution < -0.4 is 0 Å². The first-order valence-electron chi connectivity index (χ1n) is 6.18. The molecule has 2 fully saturated rings. The number of hydrogen-bond donors (Lipinski definition) is 1. The molecule has 5 heteroatoms. The fourth-order valence-electron chi connectivity index (χ4n) is 2.64. The van der Waals surface area contributed by atoms with Gasteiger partial charge in [0.25, 0.3) is 0 Å². The van der Waals surface area contributed by atoms with E-state index in [1.807, 2.05) is 0 Å². The Morgan fingerprint density at radius 1 is 1.41 bits per heavy atom. The van der Waals surface area contributed by atoms with Gasteiger partial charge in [-0.15, -0.1) is 0 Å². The average Bonchev–Trinajstić information content (AvgIpc) is 2.98. The Kier molecular flexibility index (Phi) is 3.38. The van der Waals surface area contributed by atoms with Gasteiger partial charge < -0.3 is 14.9 Å². The van der Waals surface area contributed by atoms with Crippen molar-refractivity contribution < 1.29 is 14.7 Å². The Labute approximate surface area is 101 Å². The van der Waals surface area contributed by atoms with Gasteiger partial charge in [-0.1, -0.05) is 0 Å². The standard InChI is InChI=1S/C12H20N2O3/c1-13-5-3-4-8(13)7-14(2)11(15)9-6-10(9)12(16)17/h8-10H,3-7H2,1-2H3,(H,16,17). The van der Waals surface area contributed by atoms with E-state index in [1.54, 1.807) is 11.9 Å². The molecular formula is C12H20N2O3. The van der Waals surface area contributed by atoms with Crippen molar-refractivity contribution in [1.29, 1.82) is 0 Å². The first-order chi connectivity index (χ1) is 8.00. The highest BCUT2D eigenvalue weighted by Crippen LogP contribution is 2.40. The molecule has 1 amide bonds. The maximum atomic E-state index is 12.0. The molecule has 1 N–H and O–H groups in total. The molecule has 1 saturated heterocycles. The van der Waals surface area contributed by atoms with Crippen LogP contribution in [0.3, 0.4) is 0 Å².